The Kier molecular flexibility index (Phi) is 3.21. The number of rotatable bonds is 1. The van der Waals surface area contributed by atoms with Crippen molar-refractivity contribution in [2.24, 2.45) is 5.92 Å². The van der Waals surface area contributed by atoms with E-state index in [0.717, 1.165) is 50.4 Å². The maximum absolute atomic E-state index is 12.5. The van der Waals surface area contributed by atoms with Gasteiger partial charge in [0.15, 0.2) is 0 Å². The molecule has 1 amide bonds. The van der Waals surface area contributed by atoms with E-state index in [1.165, 1.54) is 11.3 Å². The maximum Gasteiger partial charge on any atom is 0.253 e. The summed E-state index contributed by atoms with van der Waals surface area (Å²) >= 11 is 0. The van der Waals surface area contributed by atoms with E-state index < -0.39 is 0 Å². The van der Waals surface area contributed by atoms with Crippen LogP contribution >= 0.6 is 0 Å². The first-order valence-electron chi connectivity index (χ1n) is 7.28. The van der Waals surface area contributed by atoms with Crippen molar-refractivity contribution >= 4 is 11.6 Å². The second-order valence-electron chi connectivity index (χ2n) is 5.99. The lowest BCUT2D eigenvalue weighted by atomic mass is 9.98. The molecule has 1 saturated heterocycles. The Hall–Kier alpha value is -1.51. The summed E-state index contributed by atoms with van der Waals surface area (Å²) in [5, 5.41) is 0. The van der Waals surface area contributed by atoms with E-state index in [4.69, 9.17) is 0 Å². The van der Waals surface area contributed by atoms with Gasteiger partial charge in [-0.25, -0.2) is 0 Å². The summed E-state index contributed by atoms with van der Waals surface area (Å²) in [5.74, 6) is 0.974. The molecule has 0 radical (unpaired) electrons. The van der Waals surface area contributed by atoms with Crippen molar-refractivity contribution in [3.05, 3.63) is 29.3 Å². The minimum absolute atomic E-state index is 0.212. The Balaban J connectivity index is 1.77. The summed E-state index contributed by atoms with van der Waals surface area (Å²) in [7, 11) is 2.11. The SMILES string of the molecule is CC1CCN(C(=O)c2ccc3c(c2)CCN3C)CC1. The van der Waals surface area contributed by atoms with Crippen molar-refractivity contribution in [3.8, 4) is 0 Å². The molecule has 2 aliphatic heterocycles. The van der Waals surface area contributed by atoms with Crippen LogP contribution in [-0.2, 0) is 6.42 Å². The molecule has 1 aromatic rings. The van der Waals surface area contributed by atoms with Crippen LogP contribution in [0.3, 0.4) is 0 Å². The van der Waals surface area contributed by atoms with Crippen molar-refractivity contribution in [2.45, 2.75) is 26.2 Å². The third-order valence-electron chi connectivity index (χ3n) is 4.53. The van der Waals surface area contributed by atoms with Gasteiger partial charge >= 0.3 is 0 Å². The number of nitrogens with zero attached hydrogens (tertiary/aromatic N) is 2. The van der Waals surface area contributed by atoms with Crippen molar-refractivity contribution in [2.75, 3.05) is 31.6 Å². The lowest BCUT2D eigenvalue weighted by Crippen LogP contribution is -2.37. The van der Waals surface area contributed by atoms with Gasteiger partial charge in [-0.05, 0) is 48.9 Å². The van der Waals surface area contributed by atoms with Crippen molar-refractivity contribution in [1.82, 2.24) is 4.90 Å². The summed E-state index contributed by atoms with van der Waals surface area (Å²) in [6.07, 6.45) is 3.34. The Morgan fingerprint density at radius 1 is 1.21 bits per heavy atom. The highest BCUT2D eigenvalue weighted by molar-refractivity contribution is 5.95. The van der Waals surface area contributed by atoms with Crippen LogP contribution in [0, 0.1) is 5.92 Å². The number of anilines is 1. The summed E-state index contributed by atoms with van der Waals surface area (Å²) in [4.78, 5) is 16.8. The first kappa shape index (κ1) is 12.5. The van der Waals surface area contributed by atoms with E-state index in [9.17, 15) is 4.79 Å². The largest absolute Gasteiger partial charge is 0.374 e. The smallest absolute Gasteiger partial charge is 0.253 e. The number of amides is 1. The van der Waals surface area contributed by atoms with Gasteiger partial charge < -0.3 is 9.80 Å². The molecule has 1 aromatic carbocycles. The zero-order valence-electron chi connectivity index (χ0n) is 11.9. The van der Waals surface area contributed by atoms with Gasteiger partial charge in [0.1, 0.15) is 0 Å². The number of hydrogen-bond acceptors (Lipinski definition) is 2. The van der Waals surface area contributed by atoms with Crippen molar-refractivity contribution in [1.29, 1.82) is 0 Å². The quantitative estimate of drug-likeness (QED) is 0.773. The molecule has 0 bridgehead atoms. The number of fused-ring (bicyclic) bond motifs is 1. The third-order valence-corrected chi connectivity index (χ3v) is 4.53. The summed E-state index contributed by atoms with van der Waals surface area (Å²) < 4.78 is 0. The van der Waals surface area contributed by atoms with Gasteiger partial charge in [0.2, 0.25) is 0 Å². The van der Waals surface area contributed by atoms with E-state index in [2.05, 4.69) is 31.0 Å². The molecule has 0 aromatic heterocycles. The first-order valence-corrected chi connectivity index (χ1v) is 7.28. The number of carbonyl (C=O) groups excluding carboxylic acids is 1. The van der Waals surface area contributed by atoms with Crippen LogP contribution in [-0.4, -0.2) is 37.5 Å². The van der Waals surface area contributed by atoms with Crippen LogP contribution in [0.2, 0.25) is 0 Å². The molecule has 102 valence electrons. The normalized spacial score (nSPS) is 19.7. The standard InChI is InChI=1S/C16H22N2O/c1-12-5-9-18(10-6-12)16(19)14-3-4-15-13(11-14)7-8-17(15)2/h3-4,11-12H,5-10H2,1-2H3. The summed E-state index contributed by atoms with van der Waals surface area (Å²) in [5.41, 5.74) is 3.46. The van der Waals surface area contributed by atoms with Gasteiger partial charge in [0.25, 0.3) is 5.91 Å². The van der Waals surface area contributed by atoms with Gasteiger partial charge in [0.05, 0.1) is 0 Å². The van der Waals surface area contributed by atoms with Gasteiger partial charge in [-0.2, -0.15) is 0 Å². The predicted octanol–water partition coefficient (Wildman–Crippen LogP) is 2.55. The second-order valence-corrected chi connectivity index (χ2v) is 5.99. The third kappa shape index (κ3) is 2.34. The van der Waals surface area contributed by atoms with Crippen LogP contribution in [0.1, 0.15) is 35.7 Å². The molecule has 0 saturated carbocycles. The summed E-state index contributed by atoms with van der Waals surface area (Å²) in [6, 6.07) is 6.18. The first-order chi connectivity index (χ1) is 9.15. The minimum atomic E-state index is 0.212. The van der Waals surface area contributed by atoms with E-state index in [1.54, 1.807) is 0 Å². The molecule has 1 fully saturated rings. The number of piperidine rings is 1. The number of carbonyl (C=O) groups is 1. The van der Waals surface area contributed by atoms with Crippen LogP contribution in [0.4, 0.5) is 5.69 Å². The number of likely N-dealkylation sites (tertiary alicyclic amines) is 1. The number of benzene rings is 1. The predicted molar refractivity (Wildman–Crippen MR) is 77.7 cm³/mol. The summed E-state index contributed by atoms with van der Waals surface area (Å²) in [6.45, 7) is 5.16. The fraction of sp³-hybridized carbons (Fsp3) is 0.562. The molecular weight excluding hydrogens is 236 g/mol. The van der Waals surface area contributed by atoms with Crippen LogP contribution in [0.15, 0.2) is 18.2 Å². The molecule has 0 unspecified atom stereocenters. The van der Waals surface area contributed by atoms with Crippen molar-refractivity contribution < 1.29 is 4.79 Å². The molecule has 0 atom stereocenters. The zero-order chi connectivity index (χ0) is 13.4. The molecule has 0 N–H and O–H groups in total. The van der Waals surface area contributed by atoms with E-state index in [0.29, 0.717) is 0 Å². The maximum atomic E-state index is 12.5. The molecule has 2 heterocycles. The zero-order valence-corrected chi connectivity index (χ0v) is 11.9. The molecule has 3 nitrogen and oxygen atoms in total. The Morgan fingerprint density at radius 2 is 1.95 bits per heavy atom. The van der Waals surface area contributed by atoms with E-state index in [-0.39, 0.29) is 5.91 Å². The Labute approximate surface area is 115 Å². The lowest BCUT2D eigenvalue weighted by molar-refractivity contribution is 0.0697. The highest BCUT2D eigenvalue weighted by atomic mass is 16.2. The second kappa shape index (κ2) is 4.87. The van der Waals surface area contributed by atoms with Gasteiger partial charge in [-0.3, -0.25) is 4.79 Å². The monoisotopic (exact) mass is 258 g/mol. The van der Waals surface area contributed by atoms with E-state index in [1.807, 2.05) is 11.0 Å². The highest BCUT2D eigenvalue weighted by Gasteiger charge is 2.23. The Bertz CT molecular complexity index is 490. The highest BCUT2D eigenvalue weighted by Crippen LogP contribution is 2.28. The molecule has 19 heavy (non-hydrogen) atoms. The minimum Gasteiger partial charge on any atom is -0.374 e. The van der Waals surface area contributed by atoms with Crippen LogP contribution < -0.4 is 4.90 Å². The Morgan fingerprint density at radius 3 is 2.68 bits per heavy atom. The van der Waals surface area contributed by atoms with Crippen molar-refractivity contribution in [3.63, 3.8) is 0 Å². The van der Waals surface area contributed by atoms with E-state index >= 15 is 0 Å². The van der Waals surface area contributed by atoms with Crippen LogP contribution in [0.25, 0.3) is 0 Å². The van der Waals surface area contributed by atoms with Gasteiger partial charge in [0, 0.05) is 37.9 Å². The van der Waals surface area contributed by atoms with Crippen LogP contribution in [0.5, 0.6) is 0 Å². The lowest BCUT2D eigenvalue weighted by Gasteiger charge is -2.30. The molecule has 0 aliphatic carbocycles. The number of likely N-dealkylation sites (N-methyl/N-ethyl adjacent to an activating group) is 1. The average Bonchev–Trinajstić information content (AvgIpc) is 2.80. The molecule has 0 spiro atoms. The van der Waals surface area contributed by atoms with Gasteiger partial charge in [-0.15, -0.1) is 0 Å². The topological polar surface area (TPSA) is 23.6 Å². The molecule has 2 aliphatic rings. The molecular formula is C16H22N2O. The fourth-order valence-electron chi connectivity index (χ4n) is 3.09. The molecule has 3 heteroatoms. The van der Waals surface area contributed by atoms with Gasteiger partial charge in [-0.1, -0.05) is 6.92 Å². The average molecular weight is 258 g/mol. The molecule has 3 rings (SSSR count). The fourth-order valence-corrected chi connectivity index (χ4v) is 3.09. The number of hydrogen-bond donors (Lipinski definition) is 0.